The van der Waals surface area contributed by atoms with Gasteiger partial charge in [-0.1, -0.05) is 36.0 Å². The second kappa shape index (κ2) is 7.91. The Bertz CT molecular complexity index is 960. The zero-order valence-corrected chi connectivity index (χ0v) is 14.6. The van der Waals surface area contributed by atoms with E-state index in [1.807, 2.05) is 36.4 Å². The minimum Gasteiger partial charge on any atom is -0.378 e. The molecule has 3 aromatic rings. The first-order valence-corrected chi connectivity index (χ1v) is 7.96. The lowest BCUT2D eigenvalue weighted by molar-refractivity contribution is 0.297. The van der Waals surface area contributed by atoms with Gasteiger partial charge in [-0.2, -0.15) is 15.0 Å². The first kappa shape index (κ1) is 17.8. The number of nitrogens with two attached hydrogens (primary N) is 2. The van der Waals surface area contributed by atoms with Crippen molar-refractivity contribution in [1.82, 2.24) is 19.9 Å². The summed E-state index contributed by atoms with van der Waals surface area (Å²) in [5.74, 6) is 0.602. The maximum atomic E-state index is 5.93. The van der Waals surface area contributed by atoms with Crippen molar-refractivity contribution in [2.24, 2.45) is 10.9 Å². The van der Waals surface area contributed by atoms with Gasteiger partial charge in [-0.05, 0) is 24.3 Å². The SMILES string of the molecule is C=C(O/N=C(\N)c1nc(N)nc(N(C)c2ccccc2)n1)c1ccccn1. The monoisotopic (exact) mass is 362 g/mol. The molecule has 0 radical (unpaired) electrons. The molecule has 3 rings (SSSR count). The molecule has 0 saturated heterocycles. The third kappa shape index (κ3) is 4.34. The molecule has 0 aliphatic rings. The van der Waals surface area contributed by atoms with Gasteiger partial charge in [0.05, 0.1) is 0 Å². The standard InChI is InChI=1S/C18H18N8O/c1-12(14-10-6-7-11-21-14)27-25-15(19)16-22-17(20)24-18(23-16)26(2)13-8-4-3-5-9-13/h3-11H,1H2,2H3,(H2,19,25)(H2,20,22,23,24). The highest BCUT2D eigenvalue weighted by molar-refractivity contribution is 5.94. The molecule has 9 nitrogen and oxygen atoms in total. The van der Waals surface area contributed by atoms with Crippen LogP contribution in [0.25, 0.3) is 5.76 Å². The largest absolute Gasteiger partial charge is 0.378 e. The van der Waals surface area contributed by atoms with Crippen molar-refractivity contribution < 1.29 is 4.84 Å². The third-order valence-electron chi connectivity index (χ3n) is 3.52. The predicted molar refractivity (Wildman–Crippen MR) is 104 cm³/mol. The average Bonchev–Trinajstić information content (AvgIpc) is 2.72. The first-order valence-electron chi connectivity index (χ1n) is 7.96. The molecule has 27 heavy (non-hydrogen) atoms. The van der Waals surface area contributed by atoms with Gasteiger partial charge in [0, 0.05) is 18.9 Å². The van der Waals surface area contributed by atoms with Crippen molar-refractivity contribution in [3.8, 4) is 0 Å². The van der Waals surface area contributed by atoms with Gasteiger partial charge in [0.25, 0.3) is 0 Å². The molecular weight excluding hydrogens is 344 g/mol. The van der Waals surface area contributed by atoms with Gasteiger partial charge in [-0.25, -0.2) is 0 Å². The fourth-order valence-corrected chi connectivity index (χ4v) is 2.13. The minimum absolute atomic E-state index is 0.0134. The second-order valence-corrected chi connectivity index (χ2v) is 5.42. The molecule has 0 unspecified atom stereocenters. The Hall–Kier alpha value is -4.01. The smallest absolute Gasteiger partial charge is 0.235 e. The summed E-state index contributed by atoms with van der Waals surface area (Å²) in [5.41, 5.74) is 13.1. The average molecular weight is 362 g/mol. The van der Waals surface area contributed by atoms with E-state index in [2.05, 4.69) is 31.7 Å². The van der Waals surface area contributed by atoms with E-state index in [-0.39, 0.29) is 23.4 Å². The highest BCUT2D eigenvalue weighted by Gasteiger charge is 2.13. The van der Waals surface area contributed by atoms with Crippen LogP contribution in [0, 0.1) is 0 Å². The molecule has 0 bridgehead atoms. The zero-order chi connectivity index (χ0) is 19.2. The van der Waals surface area contributed by atoms with Gasteiger partial charge in [0.2, 0.25) is 23.6 Å². The Morgan fingerprint density at radius 3 is 2.52 bits per heavy atom. The minimum atomic E-state index is -0.0658. The Balaban J connectivity index is 1.82. The number of hydrogen-bond acceptors (Lipinski definition) is 8. The van der Waals surface area contributed by atoms with Gasteiger partial charge in [0.15, 0.2) is 5.76 Å². The van der Waals surface area contributed by atoms with Crippen molar-refractivity contribution >= 4 is 29.2 Å². The van der Waals surface area contributed by atoms with Gasteiger partial charge in [0.1, 0.15) is 5.69 Å². The Morgan fingerprint density at radius 2 is 1.81 bits per heavy atom. The van der Waals surface area contributed by atoms with Crippen LogP contribution in [0.5, 0.6) is 0 Å². The van der Waals surface area contributed by atoms with Gasteiger partial charge >= 0.3 is 0 Å². The number of para-hydroxylation sites is 1. The lowest BCUT2D eigenvalue weighted by atomic mass is 10.3. The van der Waals surface area contributed by atoms with E-state index >= 15 is 0 Å². The summed E-state index contributed by atoms with van der Waals surface area (Å²) in [6, 6.07) is 14.9. The summed E-state index contributed by atoms with van der Waals surface area (Å²) in [6.07, 6.45) is 1.62. The normalized spacial score (nSPS) is 11.1. The molecule has 0 atom stereocenters. The number of benzene rings is 1. The van der Waals surface area contributed by atoms with Crippen LogP contribution in [0.1, 0.15) is 11.5 Å². The fourth-order valence-electron chi connectivity index (χ4n) is 2.13. The quantitative estimate of drug-likeness (QED) is 0.294. The van der Waals surface area contributed by atoms with Crippen LogP contribution in [0.15, 0.2) is 66.5 Å². The van der Waals surface area contributed by atoms with Crippen LogP contribution in [-0.2, 0) is 4.84 Å². The van der Waals surface area contributed by atoms with Crippen molar-refractivity contribution in [3.63, 3.8) is 0 Å². The second-order valence-electron chi connectivity index (χ2n) is 5.42. The van der Waals surface area contributed by atoms with E-state index in [1.54, 1.807) is 30.3 Å². The molecular formula is C18H18N8O. The van der Waals surface area contributed by atoms with Gasteiger partial charge in [-0.15, -0.1) is 0 Å². The number of aromatic nitrogens is 4. The number of nitrogens with zero attached hydrogens (tertiary/aromatic N) is 6. The van der Waals surface area contributed by atoms with E-state index < -0.39 is 0 Å². The summed E-state index contributed by atoms with van der Waals surface area (Å²) in [4.78, 5) is 23.5. The van der Waals surface area contributed by atoms with Crippen LogP contribution >= 0.6 is 0 Å². The molecule has 1 aromatic carbocycles. The molecule has 2 heterocycles. The Kier molecular flexibility index (Phi) is 5.22. The van der Waals surface area contributed by atoms with Crippen LogP contribution in [0.2, 0.25) is 0 Å². The van der Waals surface area contributed by atoms with Crippen molar-refractivity contribution in [3.05, 3.63) is 72.8 Å². The van der Waals surface area contributed by atoms with E-state index in [9.17, 15) is 0 Å². The van der Waals surface area contributed by atoms with E-state index in [4.69, 9.17) is 16.3 Å². The molecule has 0 aliphatic heterocycles. The van der Waals surface area contributed by atoms with Crippen LogP contribution in [0.4, 0.5) is 17.6 Å². The van der Waals surface area contributed by atoms with Gasteiger partial charge < -0.3 is 21.2 Å². The summed E-state index contributed by atoms with van der Waals surface area (Å²) in [5, 5.41) is 3.81. The third-order valence-corrected chi connectivity index (χ3v) is 3.52. The maximum Gasteiger partial charge on any atom is 0.235 e. The number of anilines is 3. The van der Waals surface area contributed by atoms with E-state index in [0.717, 1.165) is 5.69 Å². The number of pyridine rings is 1. The lowest BCUT2D eigenvalue weighted by Crippen LogP contribution is -2.22. The molecule has 9 heteroatoms. The Labute approximate surface area is 156 Å². The topological polar surface area (TPSA) is 128 Å². The number of oxime groups is 1. The highest BCUT2D eigenvalue weighted by Crippen LogP contribution is 2.19. The summed E-state index contributed by atoms with van der Waals surface area (Å²) in [6.45, 7) is 3.76. The molecule has 0 amide bonds. The molecule has 0 spiro atoms. The van der Waals surface area contributed by atoms with Crippen LogP contribution < -0.4 is 16.4 Å². The molecule has 136 valence electrons. The fraction of sp³-hybridized carbons (Fsp3) is 0.0556. The summed E-state index contributed by atoms with van der Waals surface area (Å²) >= 11 is 0. The van der Waals surface area contributed by atoms with Crippen molar-refractivity contribution in [2.45, 2.75) is 0 Å². The van der Waals surface area contributed by atoms with E-state index in [1.165, 1.54) is 0 Å². The molecule has 0 aliphatic carbocycles. The number of hydrogen-bond donors (Lipinski definition) is 2. The number of rotatable bonds is 6. The Morgan fingerprint density at radius 1 is 1.07 bits per heavy atom. The lowest BCUT2D eigenvalue weighted by Gasteiger charge is -2.17. The molecule has 0 fully saturated rings. The first-order chi connectivity index (χ1) is 13.0. The van der Waals surface area contributed by atoms with Crippen LogP contribution in [-0.4, -0.2) is 32.8 Å². The van der Waals surface area contributed by atoms with E-state index in [0.29, 0.717) is 11.6 Å². The highest BCUT2D eigenvalue weighted by atomic mass is 16.6. The van der Waals surface area contributed by atoms with Crippen molar-refractivity contribution in [1.29, 1.82) is 0 Å². The predicted octanol–water partition coefficient (Wildman–Crippen LogP) is 1.92. The van der Waals surface area contributed by atoms with Crippen LogP contribution in [0.3, 0.4) is 0 Å². The van der Waals surface area contributed by atoms with Crippen molar-refractivity contribution in [2.75, 3.05) is 17.7 Å². The maximum absolute atomic E-state index is 5.93. The molecule has 0 saturated carbocycles. The number of amidine groups is 1. The zero-order valence-electron chi connectivity index (χ0n) is 14.6. The van der Waals surface area contributed by atoms with Gasteiger partial charge in [-0.3, -0.25) is 4.98 Å². The summed E-state index contributed by atoms with van der Waals surface area (Å²) < 4.78 is 0. The number of nitrogen functional groups attached to an aromatic ring is 1. The molecule has 4 N–H and O–H groups in total. The molecule has 2 aromatic heterocycles. The summed E-state index contributed by atoms with van der Waals surface area (Å²) in [7, 11) is 1.81.